The second-order valence-electron chi connectivity index (χ2n) is 6.75. The molecule has 1 aromatic carbocycles. The average molecular weight is 331 g/mol. The molecule has 1 fully saturated rings. The number of aliphatic hydroxyl groups excluding tert-OH is 1. The standard InChI is InChI=1S/C18H26BNO4/c1-11(6-19)15-4-5-17(13(3)18(15)23)24-14-8-20(9-14)7-12(2)16(22)10-21/h4-5,11-12,14,21,23H,6-10H2,1-3H3/t11-,12?/m0/s1. The van der Waals surface area contributed by atoms with Gasteiger partial charge in [0.25, 0.3) is 0 Å². The predicted molar refractivity (Wildman–Crippen MR) is 93.9 cm³/mol. The van der Waals surface area contributed by atoms with E-state index in [0.717, 1.165) is 24.2 Å². The summed E-state index contributed by atoms with van der Waals surface area (Å²) in [4.78, 5) is 13.5. The van der Waals surface area contributed by atoms with Crippen LogP contribution in [-0.2, 0) is 4.79 Å². The number of hydrogen-bond donors (Lipinski definition) is 2. The number of phenols is 1. The van der Waals surface area contributed by atoms with Crippen LogP contribution in [0.25, 0.3) is 0 Å². The summed E-state index contributed by atoms with van der Waals surface area (Å²) < 4.78 is 5.96. The number of benzene rings is 1. The number of ether oxygens (including phenoxy) is 1. The number of carbonyl (C=O) groups excluding carboxylic acids is 1. The molecule has 2 rings (SSSR count). The van der Waals surface area contributed by atoms with Gasteiger partial charge in [0.1, 0.15) is 24.2 Å². The van der Waals surface area contributed by atoms with Gasteiger partial charge in [-0.2, -0.15) is 0 Å². The molecule has 130 valence electrons. The van der Waals surface area contributed by atoms with E-state index in [2.05, 4.69) is 4.90 Å². The predicted octanol–water partition coefficient (Wildman–Crippen LogP) is 1.65. The zero-order valence-electron chi connectivity index (χ0n) is 14.7. The summed E-state index contributed by atoms with van der Waals surface area (Å²) >= 11 is 0. The summed E-state index contributed by atoms with van der Waals surface area (Å²) in [5, 5.41) is 19.2. The van der Waals surface area contributed by atoms with Gasteiger partial charge in [0.2, 0.25) is 0 Å². The fraction of sp³-hybridized carbons (Fsp3) is 0.611. The monoisotopic (exact) mass is 331 g/mol. The molecule has 0 amide bonds. The van der Waals surface area contributed by atoms with Crippen molar-refractivity contribution in [1.82, 2.24) is 4.90 Å². The van der Waals surface area contributed by atoms with Crippen LogP contribution in [0.5, 0.6) is 11.5 Å². The Kier molecular flexibility index (Phi) is 6.30. The van der Waals surface area contributed by atoms with Crippen molar-refractivity contribution in [3.63, 3.8) is 0 Å². The molecule has 1 unspecified atom stereocenters. The van der Waals surface area contributed by atoms with Crippen molar-refractivity contribution in [2.45, 2.75) is 39.1 Å². The molecule has 1 aliphatic heterocycles. The molecule has 1 aromatic rings. The second-order valence-corrected chi connectivity index (χ2v) is 6.75. The van der Waals surface area contributed by atoms with Crippen molar-refractivity contribution in [3.05, 3.63) is 23.3 Å². The summed E-state index contributed by atoms with van der Waals surface area (Å²) in [6.45, 7) is 7.36. The number of hydrogen-bond acceptors (Lipinski definition) is 5. The molecule has 0 spiro atoms. The van der Waals surface area contributed by atoms with Gasteiger partial charge in [-0.15, -0.1) is 0 Å². The van der Waals surface area contributed by atoms with Gasteiger partial charge in [-0.1, -0.05) is 26.2 Å². The van der Waals surface area contributed by atoms with Gasteiger partial charge in [-0.25, -0.2) is 0 Å². The number of nitrogens with zero attached hydrogens (tertiary/aromatic N) is 1. The lowest BCUT2D eigenvalue weighted by Gasteiger charge is -2.40. The number of ketones is 1. The largest absolute Gasteiger partial charge is 0.507 e. The first-order valence-corrected chi connectivity index (χ1v) is 8.42. The molecule has 2 atom stereocenters. The lowest BCUT2D eigenvalue weighted by atomic mass is 9.86. The molecule has 0 saturated carbocycles. The number of aliphatic hydroxyl groups is 1. The zero-order valence-corrected chi connectivity index (χ0v) is 14.7. The van der Waals surface area contributed by atoms with E-state index >= 15 is 0 Å². The minimum Gasteiger partial charge on any atom is -0.507 e. The van der Waals surface area contributed by atoms with E-state index in [0.29, 0.717) is 18.6 Å². The molecule has 2 N–H and O–H groups in total. The average Bonchev–Trinajstić information content (AvgIpc) is 2.55. The maximum atomic E-state index is 11.4. The fourth-order valence-corrected chi connectivity index (χ4v) is 2.93. The van der Waals surface area contributed by atoms with Crippen LogP contribution in [0, 0.1) is 12.8 Å². The summed E-state index contributed by atoms with van der Waals surface area (Å²) in [6, 6.07) is 3.75. The first-order chi connectivity index (χ1) is 11.4. The fourth-order valence-electron chi connectivity index (χ4n) is 2.93. The molecule has 0 bridgehead atoms. The third kappa shape index (κ3) is 4.11. The van der Waals surface area contributed by atoms with Crippen LogP contribution in [0.1, 0.15) is 30.9 Å². The minimum atomic E-state index is -0.402. The third-order valence-corrected chi connectivity index (χ3v) is 4.75. The normalized spacial score (nSPS) is 18.0. The van der Waals surface area contributed by atoms with E-state index in [1.807, 2.05) is 32.9 Å². The highest BCUT2D eigenvalue weighted by Crippen LogP contribution is 2.36. The number of rotatable bonds is 8. The molecular weight excluding hydrogens is 305 g/mol. The van der Waals surface area contributed by atoms with E-state index in [9.17, 15) is 9.90 Å². The topological polar surface area (TPSA) is 70.0 Å². The molecule has 24 heavy (non-hydrogen) atoms. The number of aromatic hydroxyl groups is 1. The van der Waals surface area contributed by atoms with Crippen LogP contribution in [0.2, 0.25) is 6.32 Å². The Morgan fingerprint density at radius 2 is 2.08 bits per heavy atom. The lowest BCUT2D eigenvalue weighted by Crippen LogP contribution is -2.55. The Hall–Kier alpha value is -1.53. The van der Waals surface area contributed by atoms with E-state index in [1.54, 1.807) is 0 Å². The molecular formula is C18H26BNO4. The van der Waals surface area contributed by atoms with Crippen molar-refractivity contribution in [1.29, 1.82) is 0 Å². The van der Waals surface area contributed by atoms with Gasteiger partial charge in [-0.05, 0) is 24.5 Å². The molecule has 1 aliphatic rings. The smallest absolute Gasteiger partial charge is 0.162 e. The molecule has 2 radical (unpaired) electrons. The summed E-state index contributed by atoms with van der Waals surface area (Å²) in [7, 11) is 5.67. The Bertz CT molecular complexity index is 587. The van der Waals surface area contributed by atoms with Gasteiger partial charge < -0.3 is 14.9 Å². The molecule has 1 saturated heterocycles. The van der Waals surface area contributed by atoms with E-state index in [1.165, 1.54) is 0 Å². The highest BCUT2D eigenvalue weighted by Gasteiger charge is 2.31. The second kappa shape index (κ2) is 8.03. The molecule has 5 nitrogen and oxygen atoms in total. The van der Waals surface area contributed by atoms with E-state index in [4.69, 9.17) is 17.7 Å². The summed E-state index contributed by atoms with van der Waals surface area (Å²) in [5.74, 6) is 0.736. The van der Waals surface area contributed by atoms with E-state index < -0.39 is 6.61 Å². The van der Waals surface area contributed by atoms with Crippen LogP contribution in [0.4, 0.5) is 0 Å². The van der Waals surface area contributed by atoms with Crippen LogP contribution in [0.15, 0.2) is 12.1 Å². The van der Waals surface area contributed by atoms with Gasteiger partial charge in [-0.3, -0.25) is 9.69 Å². The Morgan fingerprint density at radius 1 is 1.42 bits per heavy atom. The van der Waals surface area contributed by atoms with Gasteiger partial charge in [0.05, 0.1) is 7.85 Å². The van der Waals surface area contributed by atoms with Crippen LogP contribution < -0.4 is 4.74 Å². The SMILES string of the molecule is [B]C[C@H](C)c1ccc(OC2CN(CC(C)C(=O)CO)C2)c(C)c1O. The first kappa shape index (κ1) is 18.8. The Morgan fingerprint density at radius 3 is 2.67 bits per heavy atom. The highest BCUT2D eigenvalue weighted by atomic mass is 16.5. The third-order valence-electron chi connectivity index (χ3n) is 4.75. The van der Waals surface area contributed by atoms with Crippen molar-refractivity contribution in [2.75, 3.05) is 26.2 Å². The lowest BCUT2D eigenvalue weighted by molar-refractivity contribution is -0.126. The van der Waals surface area contributed by atoms with Crippen molar-refractivity contribution in [2.24, 2.45) is 5.92 Å². The first-order valence-electron chi connectivity index (χ1n) is 8.42. The van der Waals surface area contributed by atoms with Crippen LogP contribution >= 0.6 is 0 Å². The summed E-state index contributed by atoms with van der Waals surface area (Å²) in [5.41, 5.74) is 1.57. The number of likely N-dealkylation sites (tertiary alicyclic amines) is 1. The number of carbonyl (C=O) groups is 1. The van der Waals surface area contributed by atoms with Crippen molar-refractivity contribution < 1.29 is 19.7 Å². The van der Waals surface area contributed by atoms with Crippen molar-refractivity contribution in [3.8, 4) is 11.5 Å². The zero-order chi connectivity index (χ0) is 17.9. The van der Waals surface area contributed by atoms with Gasteiger partial charge >= 0.3 is 0 Å². The maximum Gasteiger partial charge on any atom is 0.162 e. The summed E-state index contributed by atoms with van der Waals surface area (Å²) in [6.07, 6.45) is 0.535. The molecule has 1 heterocycles. The van der Waals surface area contributed by atoms with Crippen LogP contribution in [0.3, 0.4) is 0 Å². The molecule has 0 aliphatic carbocycles. The van der Waals surface area contributed by atoms with Gasteiger partial charge in [0.15, 0.2) is 5.78 Å². The van der Waals surface area contributed by atoms with Crippen LogP contribution in [-0.4, -0.2) is 61.1 Å². The molecule has 6 heteroatoms. The highest BCUT2D eigenvalue weighted by molar-refractivity contribution is 6.09. The van der Waals surface area contributed by atoms with Gasteiger partial charge in [0, 0.05) is 31.1 Å². The molecule has 0 aromatic heterocycles. The maximum absolute atomic E-state index is 11.4. The number of Topliss-reactive ketones (excluding diaryl/α,β-unsaturated/α-hetero) is 1. The van der Waals surface area contributed by atoms with Crippen molar-refractivity contribution >= 4 is 13.6 Å². The Labute approximate surface area is 145 Å². The van der Waals surface area contributed by atoms with E-state index in [-0.39, 0.29) is 29.5 Å². The Balaban J connectivity index is 1.90. The number of phenolic OH excluding ortho intramolecular Hbond substituents is 1. The quantitative estimate of drug-likeness (QED) is 0.709. The minimum absolute atomic E-state index is 0.0531.